The summed E-state index contributed by atoms with van der Waals surface area (Å²) in [5, 5.41) is 7.43. The summed E-state index contributed by atoms with van der Waals surface area (Å²) in [7, 11) is -0.497. The van der Waals surface area contributed by atoms with E-state index in [9.17, 15) is 18.0 Å². The van der Waals surface area contributed by atoms with Gasteiger partial charge in [-0.05, 0) is 19.9 Å². The number of carbonyl (C=O) groups is 2. The number of carboxylic acid groups (broad SMARTS) is 1. The minimum absolute atomic E-state index is 0.0368. The molecule has 0 spiro atoms. The van der Waals surface area contributed by atoms with Gasteiger partial charge in [0.25, 0.3) is 0 Å². The average molecular weight is 321 g/mol. The number of amides is 1. The maximum absolute atomic E-state index is 12.2. The van der Waals surface area contributed by atoms with Crippen LogP contribution in [-0.2, 0) is 19.6 Å². The molecule has 0 radical (unpaired) electrons. The van der Waals surface area contributed by atoms with Crippen LogP contribution >= 0.6 is 0 Å². The third-order valence-electron chi connectivity index (χ3n) is 3.56. The van der Waals surface area contributed by atoms with E-state index < -0.39 is 21.2 Å². The molecule has 1 heterocycles. The highest BCUT2D eigenvalue weighted by Crippen LogP contribution is 2.13. The molecule has 0 aromatic rings. The normalized spacial score (nSPS) is 19.8. The van der Waals surface area contributed by atoms with E-state index in [1.165, 1.54) is 16.1 Å². The summed E-state index contributed by atoms with van der Waals surface area (Å²) in [5.41, 5.74) is 0. The molecular formula is C12H23N3O5S. The van der Waals surface area contributed by atoms with Gasteiger partial charge in [-0.3, -0.25) is 14.5 Å². The van der Waals surface area contributed by atoms with Crippen molar-refractivity contribution < 1.29 is 23.1 Å². The number of rotatable bonds is 5. The van der Waals surface area contributed by atoms with E-state index in [0.717, 1.165) is 0 Å². The van der Waals surface area contributed by atoms with Gasteiger partial charge in [0, 0.05) is 33.7 Å². The van der Waals surface area contributed by atoms with Crippen LogP contribution in [0, 0.1) is 0 Å². The standard InChI is InChI=1S/C12H23N3O5S/c1-10(12(17)18)21(19,20)15-6-4-5-14(7-8-15)9-11(16)13(2)3/h10H,4-9H2,1-3H3,(H,17,18). The summed E-state index contributed by atoms with van der Waals surface area (Å²) in [6.45, 7) is 2.96. The molecule has 1 unspecified atom stereocenters. The smallest absolute Gasteiger partial charge is 0.323 e. The molecule has 9 heteroatoms. The largest absolute Gasteiger partial charge is 0.480 e. The van der Waals surface area contributed by atoms with Crippen LogP contribution in [0.25, 0.3) is 0 Å². The second kappa shape index (κ2) is 7.19. The van der Waals surface area contributed by atoms with Crippen molar-refractivity contribution in [3.05, 3.63) is 0 Å². The molecule has 21 heavy (non-hydrogen) atoms. The van der Waals surface area contributed by atoms with Gasteiger partial charge in [0.2, 0.25) is 15.9 Å². The first kappa shape index (κ1) is 17.9. The van der Waals surface area contributed by atoms with Crippen LogP contribution in [0.2, 0.25) is 0 Å². The lowest BCUT2D eigenvalue weighted by atomic mass is 10.4. The first-order valence-electron chi connectivity index (χ1n) is 6.80. The zero-order valence-electron chi connectivity index (χ0n) is 12.7. The maximum atomic E-state index is 12.2. The van der Waals surface area contributed by atoms with Gasteiger partial charge < -0.3 is 10.0 Å². The van der Waals surface area contributed by atoms with Crippen molar-refractivity contribution in [3.63, 3.8) is 0 Å². The molecule has 0 aromatic heterocycles. The lowest BCUT2D eigenvalue weighted by molar-refractivity contribution is -0.136. The third kappa shape index (κ3) is 4.65. The molecule has 1 aliphatic heterocycles. The molecule has 0 aliphatic carbocycles. The SMILES string of the molecule is CC(C(=O)O)S(=O)(=O)N1CCCN(CC(=O)N(C)C)CC1. The second-order valence-electron chi connectivity index (χ2n) is 5.34. The van der Waals surface area contributed by atoms with Gasteiger partial charge in [-0.15, -0.1) is 0 Å². The van der Waals surface area contributed by atoms with Crippen LogP contribution < -0.4 is 0 Å². The van der Waals surface area contributed by atoms with Crippen molar-refractivity contribution >= 4 is 21.9 Å². The molecule has 1 rings (SSSR count). The Labute approximate surface area is 125 Å². The van der Waals surface area contributed by atoms with Gasteiger partial charge in [-0.2, -0.15) is 4.31 Å². The van der Waals surface area contributed by atoms with E-state index in [4.69, 9.17) is 5.11 Å². The van der Waals surface area contributed by atoms with Gasteiger partial charge in [-0.1, -0.05) is 0 Å². The molecule has 0 saturated carbocycles. The number of nitrogens with zero attached hydrogens (tertiary/aromatic N) is 3. The summed E-state index contributed by atoms with van der Waals surface area (Å²) < 4.78 is 25.6. The molecule has 8 nitrogen and oxygen atoms in total. The Kier molecular flexibility index (Phi) is 6.11. The summed E-state index contributed by atoms with van der Waals surface area (Å²) in [6.07, 6.45) is 0.576. The van der Waals surface area contributed by atoms with E-state index in [1.54, 1.807) is 14.1 Å². The first-order valence-corrected chi connectivity index (χ1v) is 8.31. The zero-order valence-corrected chi connectivity index (χ0v) is 13.5. The molecule has 1 fully saturated rings. The minimum atomic E-state index is -3.84. The highest BCUT2D eigenvalue weighted by Gasteiger charge is 2.34. The number of hydrogen-bond acceptors (Lipinski definition) is 5. The van der Waals surface area contributed by atoms with Crippen molar-refractivity contribution in [3.8, 4) is 0 Å². The van der Waals surface area contributed by atoms with Gasteiger partial charge in [0.05, 0.1) is 6.54 Å². The van der Waals surface area contributed by atoms with E-state index >= 15 is 0 Å². The van der Waals surface area contributed by atoms with E-state index in [-0.39, 0.29) is 25.5 Å². The average Bonchev–Trinajstić information content (AvgIpc) is 2.63. The van der Waals surface area contributed by atoms with Crippen LogP contribution in [0.15, 0.2) is 0 Å². The minimum Gasteiger partial charge on any atom is -0.480 e. The van der Waals surface area contributed by atoms with Crippen molar-refractivity contribution in [2.45, 2.75) is 18.6 Å². The number of likely N-dealkylation sites (N-methyl/N-ethyl adjacent to an activating group) is 1. The van der Waals surface area contributed by atoms with Crippen molar-refractivity contribution in [2.75, 3.05) is 46.8 Å². The van der Waals surface area contributed by atoms with Crippen LogP contribution in [0.1, 0.15) is 13.3 Å². The zero-order chi connectivity index (χ0) is 16.2. The fourth-order valence-corrected chi connectivity index (χ4v) is 3.47. The van der Waals surface area contributed by atoms with Gasteiger partial charge >= 0.3 is 5.97 Å². The predicted octanol–water partition coefficient (Wildman–Crippen LogP) is -1.11. The Balaban J connectivity index is 2.68. The van der Waals surface area contributed by atoms with Crippen molar-refractivity contribution in [1.82, 2.24) is 14.1 Å². The quantitative estimate of drug-likeness (QED) is 0.689. The highest BCUT2D eigenvalue weighted by molar-refractivity contribution is 7.90. The van der Waals surface area contributed by atoms with Crippen LogP contribution in [-0.4, -0.2) is 91.6 Å². The van der Waals surface area contributed by atoms with E-state index in [1.807, 2.05) is 4.90 Å². The van der Waals surface area contributed by atoms with Crippen LogP contribution in [0.3, 0.4) is 0 Å². The Morgan fingerprint density at radius 3 is 2.33 bits per heavy atom. The molecule has 1 saturated heterocycles. The molecular weight excluding hydrogens is 298 g/mol. The number of carboxylic acids is 1. The van der Waals surface area contributed by atoms with Crippen molar-refractivity contribution in [1.29, 1.82) is 0 Å². The number of carbonyl (C=O) groups excluding carboxylic acids is 1. The van der Waals surface area contributed by atoms with Gasteiger partial charge in [0.15, 0.2) is 5.25 Å². The predicted molar refractivity (Wildman–Crippen MR) is 77.3 cm³/mol. The molecule has 1 N–H and O–H groups in total. The molecule has 0 aromatic carbocycles. The maximum Gasteiger partial charge on any atom is 0.323 e. The highest BCUT2D eigenvalue weighted by atomic mass is 32.2. The number of aliphatic carboxylic acids is 1. The summed E-state index contributed by atoms with van der Waals surface area (Å²) in [6, 6.07) is 0. The fraction of sp³-hybridized carbons (Fsp3) is 0.833. The van der Waals surface area contributed by atoms with Crippen LogP contribution in [0.4, 0.5) is 0 Å². The van der Waals surface area contributed by atoms with E-state index in [2.05, 4.69) is 0 Å². The topological polar surface area (TPSA) is 98.2 Å². The summed E-state index contributed by atoms with van der Waals surface area (Å²) in [5.74, 6) is -1.39. The molecule has 1 amide bonds. The lowest BCUT2D eigenvalue weighted by Gasteiger charge is -2.23. The first-order chi connectivity index (χ1) is 9.66. The summed E-state index contributed by atoms with van der Waals surface area (Å²) in [4.78, 5) is 26.0. The molecule has 122 valence electrons. The Morgan fingerprint density at radius 2 is 1.81 bits per heavy atom. The Morgan fingerprint density at radius 1 is 1.19 bits per heavy atom. The van der Waals surface area contributed by atoms with Crippen molar-refractivity contribution in [2.24, 2.45) is 0 Å². The van der Waals surface area contributed by atoms with Crippen LogP contribution in [0.5, 0.6) is 0 Å². The van der Waals surface area contributed by atoms with Gasteiger partial charge in [0.1, 0.15) is 0 Å². The second-order valence-corrected chi connectivity index (χ2v) is 7.60. The summed E-state index contributed by atoms with van der Waals surface area (Å²) >= 11 is 0. The monoisotopic (exact) mass is 321 g/mol. The molecule has 1 atom stereocenters. The molecule has 1 aliphatic rings. The Bertz CT molecular complexity index is 491. The Hall–Kier alpha value is -1.19. The number of hydrogen-bond donors (Lipinski definition) is 1. The number of sulfonamides is 1. The third-order valence-corrected chi connectivity index (χ3v) is 5.74. The van der Waals surface area contributed by atoms with E-state index in [0.29, 0.717) is 19.5 Å². The molecule has 0 bridgehead atoms. The fourth-order valence-electron chi connectivity index (χ4n) is 2.04. The lowest BCUT2D eigenvalue weighted by Crippen LogP contribution is -2.43. The van der Waals surface area contributed by atoms with Gasteiger partial charge in [-0.25, -0.2) is 8.42 Å².